The van der Waals surface area contributed by atoms with Crippen molar-refractivity contribution in [1.29, 1.82) is 0 Å². The van der Waals surface area contributed by atoms with Gasteiger partial charge in [0, 0.05) is 16.6 Å². The van der Waals surface area contributed by atoms with E-state index in [0.717, 1.165) is 43.4 Å². The molecular formula is C23H22BrF3N2O6. The standard InChI is InChI=1S/C23H22BrF3N2O6/c1-32-22(31)34-19-10-16(15(24)9-14(19)12-4-2-3-5-12)29-21(30)20-11-28-17-8-13(35-23(25,26)27)6-7-18(17)33-20/h6-10,12,20,28H,2-5,11H2,1H3,(H,29,30). The maximum Gasteiger partial charge on any atom is 0.573 e. The van der Waals surface area contributed by atoms with Gasteiger partial charge in [0.2, 0.25) is 0 Å². The first-order valence-corrected chi connectivity index (χ1v) is 11.6. The average molecular weight is 559 g/mol. The first-order chi connectivity index (χ1) is 16.6. The summed E-state index contributed by atoms with van der Waals surface area (Å²) in [6.07, 6.45) is -2.56. The summed E-state index contributed by atoms with van der Waals surface area (Å²) in [5, 5.41) is 5.63. The minimum Gasteiger partial charge on any atom is -0.477 e. The highest BCUT2D eigenvalue weighted by atomic mass is 79.9. The van der Waals surface area contributed by atoms with E-state index < -0.39 is 30.3 Å². The second-order valence-electron chi connectivity index (χ2n) is 8.09. The Bertz CT molecular complexity index is 1120. The summed E-state index contributed by atoms with van der Waals surface area (Å²) in [4.78, 5) is 24.7. The fraction of sp³-hybridized carbons (Fsp3) is 0.391. The third-order valence-electron chi connectivity index (χ3n) is 5.74. The lowest BCUT2D eigenvalue weighted by molar-refractivity contribution is -0.274. The van der Waals surface area contributed by atoms with E-state index in [2.05, 4.69) is 36.0 Å². The van der Waals surface area contributed by atoms with Crippen LogP contribution in [0.25, 0.3) is 0 Å². The Balaban J connectivity index is 1.49. The Morgan fingerprint density at radius 2 is 1.91 bits per heavy atom. The molecule has 1 fully saturated rings. The minimum atomic E-state index is -4.82. The van der Waals surface area contributed by atoms with Gasteiger partial charge >= 0.3 is 12.5 Å². The number of hydrogen-bond acceptors (Lipinski definition) is 7. The van der Waals surface area contributed by atoms with E-state index in [1.165, 1.54) is 13.2 Å². The number of benzene rings is 2. The molecule has 8 nitrogen and oxygen atoms in total. The molecular weight excluding hydrogens is 537 g/mol. The van der Waals surface area contributed by atoms with Crippen LogP contribution in [0.3, 0.4) is 0 Å². The minimum absolute atomic E-state index is 0.0115. The second kappa shape index (κ2) is 10.2. The van der Waals surface area contributed by atoms with Crippen molar-refractivity contribution in [3.8, 4) is 17.2 Å². The average Bonchev–Trinajstić information content (AvgIpc) is 3.34. The summed E-state index contributed by atoms with van der Waals surface area (Å²) >= 11 is 3.47. The molecule has 1 aliphatic carbocycles. The van der Waals surface area contributed by atoms with Crippen molar-refractivity contribution in [3.05, 3.63) is 40.4 Å². The van der Waals surface area contributed by atoms with Gasteiger partial charge in [-0.2, -0.15) is 0 Å². The summed E-state index contributed by atoms with van der Waals surface area (Å²) in [6, 6.07) is 6.91. The van der Waals surface area contributed by atoms with Crippen LogP contribution in [-0.2, 0) is 9.53 Å². The van der Waals surface area contributed by atoms with Crippen LogP contribution >= 0.6 is 15.9 Å². The number of anilines is 2. The molecule has 1 atom stereocenters. The van der Waals surface area contributed by atoms with Crippen molar-refractivity contribution in [1.82, 2.24) is 0 Å². The SMILES string of the molecule is COC(=O)Oc1cc(NC(=O)C2CNc3cc(OC(F)(F)F)ccc3O2)c(Br)cc1C1CCCC1. The Morgan fingerprint density at radius 3 is 2.60 bits per heavy atom. The molecule has 12 heteroatoms. The normalized spacial score (nSPS) is 17.6. The molecule has 2 N–H and O–H groups in total. The lowest BCUT2D eigenvalue weighted by Gasteiger charge is -2.27. The molecule has 35 heavy (non-hydrogen) atoms. The fourth-order valence-electron chi connectivity index (χ4n) is 4.14. The number of alkyl halides is 3. The maximum absolute atomic E-state index is 12.9. The molecule has 1 amide bonds. The molecule has 0 radical (unpaired) electrons. The zero-order valence-corrected chi connectivity index (χ0v) is 20.1. The van der Waals surface area contributed by atoms with Crippen molar-refractivity contribution in [2.75, 3.05) is 24.3 Å². The molecule has 1 aliphatic heterocycles. The van der Waals surface area contributed by atoms with Gasteiger partial charge in [0.15, 0.2) is 6.10 Å². The van der Waals surface area contributed by atoms with Crippen LogP contribution < -0.4 is 24.8 Å². The van der Waals surface area contributed by atoms with E-state index >= 15 is 0 Å². The molecule has 0 spiro atoms. The number of fused-ring (bicyclic) bond motifs is 1. The van der Waals surface area contributed by atoms with Crippen LogP contribution in [0.1, 0.15) is 37.2 Å². The molecule has 0 aromatic heterocycles. The number of carbonyl (C=O) groups is 2. The van der Waals surface area contributed by atoms with Gasteiger partial charge < -0.3 is 29.6 Å². The molecule has 188 valence electrons. The van der Waals surface area contributed by atoms with Crippen molar-refractivity contribution in [3.63, 3.8) is 0 Å². The molecule has 1 heterocycles. The summed E-state index contributed by atoms with van der Waals surface area (Å²) in [6.45, 7) is 0.0115. The Labute approximate surface area is 207 Å². The van der Waals surface area contributed by atoms with Crippen LogP contribution in [0.5, 0.6) is 17.2 Å². The predicted molar refractivity (Wildman–Crippen MR) is 123 cm³/mol. The van der Waals surface area contributed by atoms with Gasteiger partial charge in [0.25, 0.3) is 5.91 Å². The van der Waals surface area contributed by atoms with E-state index in [1.54, 1.807) is 6.07 Å². The van der Waals surface area contributed by atoms with Gasteiger partial charge in [-0.05, 0) is 58.5 Å². The van der Waals surface area contributed by atoms with Crippen LogP contribution in [0, 0.1) is 0 Å². The van der Waals surface area contributed by atoms with Gasteiger partial charge in [0.1, 0.15) is 17.2 Å². The first-order valence-electron chi connectivity index (χ1n) is 10.8. The molecule has 0 saturated heterocycles. The van der Waals surface area contributed by atoms with E-state index in [0.29, 0.717) is 15.9 Å². The highest BCUT2D eigenvalue weighted by Crippen LogP contribution is 2.43. The van der Waals surface area contributed by atoms with Crippen molar-refractivity contribution in [2.45, 2.75) is 44.1 Å². The zero-order chi connectivity index (χ0) is 25.2. The predicted octanol–water partition coefficient (Wildman–Crippen LogP) is 5.96. The van der Waals surface area contributed by atoms with Gasteiger partial charge in [-0.1, -0.05) is 12.8 Å². The summed E-state index contributed by atoms with van der Waals surface area (Å²) < 4.78 is 57.5. The quantitative estimate of drug-likeness (QED) is 0.345. The molecule has 4 rings (SSSR count). The molecule has 2 aliphatic rings. The summed E-state index contributed by atoms with van der Waals surface area (Å²) in [7, 11) is 1.21. The number of methoxy groups -OCH3 is 1. The smallest absolute Gasteiger partial charge is 0.477 e. The number of rotatable bonds is 5. The molecule has 0 bridgehead atoms. The number of ether oxygens (including phenoxy) is 4. The number of amides is 1. The fourth-order valence-corrected chi connectivity index (χ4v) is 4.60. The van der Waals surface area contributed by atoms with E-state index in [1.807, 2.05) is 6.07 Å². The van der Waals surface area contributed by atoms with Crippen molar-refractivity contribution in [2.24, 2.45) is 0 Å². The van der Waals surface area contributed by atoms with Gasteiger partial charge in [-0.3, -0.25) is 4.79 Å². The third kappa shape index (κ3) is 6.11. The van der Waals surface area contributed by atoms with E-state index in [9.17, 15) is 22.8 Å². The summed E-state index contributed by atoms with van der Waals surface area (Å²) in [5.41, 5.74) is 1.48. The number of halogens is 4. The van der Waals surface area contributed by atoms with E-state index in [-0.39, 0.29) is 23.9 Å². The number of nitrogens with one attached hydrogen (secondary N) is 2. The number of carbonyl (C=O) groups excluding carboxylic acids is 2. The molecule has 2 aromatic rings. The lowest BCUT2D eigenvalue weighted by Crippen LogP contribution is -2.41. The Hall–Kier alpha value is -3.15. The monoisotopic (exact) mass is 558 g/mol. The second-order valence-corrected chi connectivity index (χ2v) is 8.94. The number of hydrogen-bond donors (Lipinski definition) is 2. The third-order valence-corrected chi connectivity index (χ3v) is 6.39. The largest absolute Gasteiger partial charge is 0.573 e. The Kier molecular flexibility index (Phi) is 7.29. The highest BCUT2D eigenvalue weighted by Gasteiger charge is 2.33. The lowest BCUT2D eigenvalue weighted by atomic mass is 9.96. The highest BCUT2D eigenvalue weighted by molar-refractivity contribution is 9.10. The van der Waals surface area contributed by atoms with Crippen LogP contribution in [0.2, 0.25) is 0 Å². The van der Waals surface area contributed by atoms with Crippen molar-refractivity contribution >= 4 is 39.4 Å². The van der Waals surface area contributed by atoms with Crippen LogP contribution in [0.4, 0.5) is 29.3 Å². The van der Waals surface area contributed by atoms with Crippen LogP contribution in [-0.4, -0.2) is 38.2 Å². The molecule has 1 saturated carbocycles. The molecule has 1 unspecified atom stereocenters. The topological polar surface area (TPSA) is 95.1 Å². The maximum atomic E-state index is 12.9. The van der Waals surface area contributed by atoms with Crippen LogP contribution in [0.15, 0.2) is 34.8 Å². The van der Waals surface area contributed by atoms with E-state index in [4.69, 9.17) is 9.47 Å². The summed E-state index contributed by atoms with van der Waals surface area (Å²) in [5.74, 6) is -0.176. The first kappa shape index (κ1) is 25.0. The van der Waals surface area contributed by atoms with Crippen molar-refractivity contribution < 1.29 is 41.7 Å². The van der Waals surface area contributed by atoms with Gasteiger partial charge in [0.05, 0.1) is 25.0 Å². The zero-order valence-electron chi connectivity index (χ0n) is 18.5. The van der Waals surface area contributed by atoms with Gasteiger partial charge in [-0.25, -0.2) is 4.79 Å². The van der Waals surface area contributed by atoms with Gasteiger partial charge in [-0.15, -0.1) is 13.2 Å². The Morgan fingerprint density at radius 1 is 1.17 bits per heavy atom. The molecule has 2 aromatic carbocycles.